The van der Waals surface area contributed by atoms with Crippen LogP contribution in [0, 0.1) is 0 Å². The molecular formula is C19H20F6N2O4S2. The second-order valence-electron chi connectivity index (χ2n) is 7.48. The number of nitrogens with zero attached hydrogens (tertiary/aromatic N) is 2. The molecule has 0 amide bonds. The van der Waals surface area contributed by atoms with Crippen molar-refractivity contribution in [3.63, 3.8) is 0 Å². The third-order valence-corrected chi connectivity index (χ3v) is 8.66. The maximum absolute atomic E-state index is 13.2. The number of aliphatic hydroxyl groups excluding tert-OH is 1. The van der Waals surface area contributed by atoms with Crippen molar-refractivity contribution >= 4 is 27.0 Å². The molecule has 1 atom stereocenters. The Morgan fingerprint density at radius 3 is 2.03 bits per heavy atom. The lowest BCUT2D eigenvalue weighted by atomic mass is 9.89. The van der Waals surface area contributed by atoms with Crippen LogP contribution in [0.5, 0.6) is 0 Å². The molecule has 1 saturated heterocycles. The van der Waals surface area contributed by atoms with Crippen LogP contribution in [0.3, 0.4) is 0 Å². The van der Waals surface area contributed by atoms with Gasteiger partial charge in [0.1, 0.15) is 4.21 Å². The van der Waals surface area contributed by atoms with E-state index in [1.165, 1.54) is 17.3 Å². The van der Waals surface area contributed by atoms with Gasteiger partial charge in [-0.3, -0.25) is 0 Å². The Balaban J connectivity index is 1.91. The summed E-state index contributed by atoms with van der Waals surface area (Å²) in [4.78, 5) is 1.56. The number of rotatable bonds is 5. The van der Waals surface area contributed by atoms with E-state index in [-0.39, 0.29) is 41.6 Å². The second kappa shape index (κ2) is 8.73. The van der Waals surface area contributed by atoms with Crippen molar-refractivity contribution in [2.45, 2.75) is 35.2 Å². The van der Waals surface area contributed by atoms with Crippen LogP contribution in [-0.4, -0.2) is 61.5 Å². The summed E-state index contributed by atoms with van der Waals surface area (Å²) in [6.45, 7) is 1.39. The normalized spacial score (nSPS) is 17.9. The molecule has 33 heavy (non-hydrogen) atoms. The Kier molecular flexibility index (Phi) is 6.81. The Morgan fingerprint density at radius 2 is 1.58 bits per heavy atom. The van der Waals surface area contributed by atoms with E-state index < -0.39 is 39.6 Å². The largest absolute Gasteiger partial charge is 0.430 e. The number of hydrogen-bond donors (Lipinski definition) is 2. The fraction of sp³-hybridized carbons (Fsp3) is 0.474. The summed E-state index contributed by atoms with van der Waals surface area (Å²) in [5, 5.41) is 21.3. The van der Waals surface area contributed by atoms with Gasteiger partial charge in [-0.05, 0) is 30.5 Å². The lowest BCUT2D eigenvalue weighted by Gasteiger charge is -2.37. The molecular weight excluding hydrogens is 498 g/mol. The number of halogens is 6. The number of alkyl halides is 6. The molecule has 2 heterocycles. The zero-order valence-electron chi connectivity index (χ0n) is 17.1. The van der Waals surface area contributed by atoms with Crippen LogP contribution < -0.4 is 4.90 Å². The fourth-order valence-corrected chi connectivity index (χ4v) is 6.16. The van der Waals surface area contributed by atoms with Gasteiger partial charge in [-0.1, -0.05) is 12.1 Å². The molecule has 1 aromatic heterocycles. The number of thiophene rings is 1. The van der Waals surface area contributed by atoms with E-state index >= 15 is 0 Å². The molecule has 0 aliphatic carbocycles. The number of anilines is 1. The molecule has 0 saturated carbocycles. The van der Waals surface area contributed by atoms with Crippen LogP contribution in [0.25, 0.3) is 0 Å². The molecule has 3 rings (SSSR count). The van der Waals surface area contributed by atoms with Gasteiger partial charge in [0.25, 0.3) is 15.6 Å². The Bertz CT molecular complexity index is 1060. The Hall–Kier alpha value is -1.87. The quantitative estimate of drug-likeness (QED) is 0.591. The molecule has 1 aromatic carbocycles. The smallest absolute Gasteiger partial charge is 0.389 e. The van der Waals surface area contributed by atoms with Gasteiger partial charge in [-0.2, -0.15) is 30.6 Å². The minimum atomic E-state index is -6.05. The van der Waals surface area contributed by atoms with Gasteiger partial charge in [0.05, 0.1) is 6.10 Å². The van der Waals surface area contributed by atoms with Crippen molar-refractivity contribution in [1.82, 2.24) is 4.31 Å². The summed E-state index contributed by atoms with van der Waals surface area (Å²) in [5.74, 6) is 0. The van der Waals surface area contributed by atoms with Crippen LogP contribution >= 0.6 is 11.3 Å². The Labute approximate surface area is 189 Å². The van der Waals surface area contributed by atoms with Crippen molar-refractivity contribution in [3.05, 3.63) is 46.8 Å². The SMILES string of the molecule is C[C@@H](O)c1cc(C(O)(C(F)(F)F)C(F)(F)F)ccc1N1CCN(S(=O)(=O)c2cccs2)CC1. The van der Waals surface area contributed by atoms with Crippen molar-refractivity contribution in [2.75, 3.05) is 31.1 Å². The Morgan fingerprint density at radius 1 is 1.00 bits per heavy atom. The molecule has 1 fully saturated rings. The number of piperazine rings is 1. The molecule has 1 aliphatic rings. The minimum absolute atomic E-state index is 0.0241. The summed E-state index contributed by atoms with van der Waals surface area (Å²) in [6.07, 6.45) is -13.6. The average Bonchev–Trinajstić information content (AvgIpc) is 3.27. The van der Waals surface area contributed by atoms with E-state index in [0.29, 0.717) is 12.1 Å². The lowest BCUT2D eigenvalue weighted by Crippen LogP contribution is -2.54. The van der Waals surface area contributed by atoms with Crippen molar-refractivity contribution in [2.24, 2.45) is 0 Å². The van der Waals surface area contributed by atoms with Gasteiger partial charge in [0, 0.05) is 43.0 Å². The molecule has 0 bridgehead atoms. The molecule has 14 heteroatoms. The highest BCUT2D eigenvalue weighted by Gasteiger charge is 2.71. The molecule has 0 spiro atoms. The minimum Gasteiger partial charge on any atom is -0.389 e. The van der Waals surface area contributed by atoms with Crippen LogP contribution in [0.4, 0.5) is 32.0 Å². The standard InChI is InChI=1S/C19H20F6N2O4S2/c1-12(28)14-11-13(17(29,18(20,21)22)19(23,24)25)4-5-15(14)26-6-8-27(9-7-26)33(30,31)16-3-2-10-32-16/h2-5,10-12,28-29H,6-9H2,1H3/t12-/m1/s1. The number of benzene rings is 1. The van der Waals surface area contributed by atoms with Crippen molar-refractivity contribution < 1.29 is 45.0 Å². The molecule has 2 aromatic rings. The first-order chi connectivity index (χ1) is 15.1. The summed E-state index contributed by atoms with van der Waals surface area (Å²) < 4.78 is 106. The molecule has 1 aliphatic heterocycles. The van der Waals surface area contributed by atoms with Crippen LogP contribution in [0.2, 0.25) is 0 Å². The van der Waals surface area contributed by atoms with Crippen molar-refractivity contribution in [3.8, 4) is 0 Å². The lowest BCUT2D eigenvalue weighted by molar-refractivity contribution is -0.376. The van der Waals surface area contributed by atoms with Gasteiger partial charge in [-0.15, -0.1) is 11.3 Å². The fourth-order valence-electron chi connectivity index (χ4n) is 3.60. The first kappa shape index (κ1) is 25.7. The average molecular weight is 519 g/mol. The highest BCUT2D eigenvalue weighted by molar-refractivity contribution is 7.91. The van der Waals surface area contributed by atoms with E-state index in [4.69, 9.17) is 0 Å². The molecule has 6 nitrogen and oxygen atoms in total. The van der Waals surface area contributed by atoms with Gasteiger partial charge in [0.2, 0.25) is 0 Å². The zero-order chi connectivity index (χ0) is 24.8. The number of sulfonamides is 1. The maximum Gasteiger partial charge on any atom is 0.430 e. The number of hydrogen-bond acceptors (Lipinski definition) is 6. The van der Waals surface area contributed by atoms with Crippen LogP contribution in [0.15, 0.2) is 39.9 Å². The van der Waals surface area contributed by atoms with E-state index in [0.717, 1.165) is 17.4 Å². The topological polar surface area (TPSA) is 81.1 Å². The maximum atomic E-state index is 13.2. The molecule has 0 radical (unpaired) electrons. The van der Waals surface area contributed by atoms with Crippen LogP contribution in [0.1, 0.15) is 24.2 Å². The van der Waals surface area contributed by atoms with Crippen LogP contribution in [-0.2, 0) is 15.6 Å². The van der Waals surface area contributed by atoms with Gasteiger partial charge in [-0.25, -0.2) is 8.42 Å². The molecule has 0 unspecified atom stereocenters. The molecule has 2 N–H and O–H groups in total. The highest BCUT2D eigenvalue weighted by atomic mass is 32.2. The van der Waals surface area contributed by atoms with Gasteiger partial charge < -0.3 is 15.1 Å². The third kappa shape index (κ3) is 4.58. The highest BCUT2D eigenvalue weighted by Crippen LogP contribution is 2.51. The first-order valence-corrected chi connectivity index (χ1v) is 11.9. The summed E-state index contributed by atoms with van der Waals surface area (Å²) in [7, 11) is -3.72. The van der Waals surface area contributed by atoms with E-state index in [1.54, 1.807) is 16.3 Å². The van der Waals surface area contributed by atoms with Crippen molar-refractivity contribution in [1.29, 1.82) is 0 Å². The molecule has 184 valence electrons. The van der Waals surface area contributed by atoms with E-state index in [9.17, 15) is 45.0 Å². The predicted octanol–water partition coefficient (Wildman–Crippen LogP) is 3.62. The predicted molar refractivity (Wildman–Crippen MR) is 108 cm³/mol. The van der Waals surface area contributed by atoms with E-state index in [2.05, 4.69) is 0 Å². The van der Waals surface area contributed by atoms with E-state index in [1.807, 2.05) is 0 Å². The summed E-state index contributed by atoms with van der Waals surface area (Å²) in [6, 6.07) is 5.00. The van der Waals surface area contributed by atoms with Gasteiger partial charge in [0.15, 0.2) is 0 Å². The third-order valence-electron chi connectivity index (χ3n) is 5.38. The second-order valence-corrected chi connectivity index (χ2v) is 10.6. The zero-order valence-corrected chi connectivity index (χ0v) is 18.7. The summed E-state index contributed by atoms with van der Waals surface area (Å²) >= 11 is 1.05. The number of aliphatic hydroxyl groups is 2. The van der Waals surface area contributed by atoms with Gasteiger partial charge >= 0.3 is 12.4 Å². The monoisotopic (exact) mass is 518 g/mol. The first-order valence-electron chi connectivity index (χ1n) is 9.57. The summed E-state index contributed by atoms with van der Waals surface area (Å²) in [5.41, 5.74) is -6.70.